The van der Waals surface area contributed by atoms with Crippen molar-refractivity contribution in [3.63, 3.8) is 0 Å². The molecule has 0 radical (unpaired) electrons. The third-order valence-corrected chi connectivity index (χ3v) is 5.76. The molecule has 3 aromatic rings. The largest absolute Gasteiger partial charge is 0.497 e. The van der Waals surface area contributed by atoms with Gasteiger partial charge in [0.05, 0.1) is 12.7 Å². The molecular weight excluding hydrogens is 409 g/mol. The lowest BCUT2D eigenvalue weighted by atomic mass is 9.99. The number of hydrogen-bond donors (Lipinski definition) is 0. The normalized spacial score (nSPS) is 16.3. The van der Waals surface area contributed by atoms with Crippen LogP contribution in [0.15, 0.2) is 60.4 Å². The van der Waals surface area contributed by atoms with Crippen molar-refractivity contribution >= 4 is 11.9 Å². The predicted molar refractivity (Wildman–Crippen MR) is 118 cm³/mol. The Hall–Kier alpha value is -3.64. The van der Waals surface area contributed by atoms with Gasteiger partial charge >= 0.3 is 0 Å². The summed E-state index contributed by atoms with van der Waals surface area (Å²) in [6.07, 6.45) is 1.45. The van der Waals surface area contributed by atoms with Crippen molar-refractivity contribution in [3.8, 4) is 17.2 Å². The number of benzene rings is 3. The zero-order valence-electron chi connectivity index (χ0n) is 17.9. The van der Waals surface area contributed by atoms with Gasteiger partial charge in [-0.2, -0.15) is 0 Å². The van der Waals surface area contributed by atoms with E-state index in [-0.39, 0.29) is 11.5 Å². The second-order valence-corrected chi connectivity index (χ2v) is 7.94. The van der Waals surface area contributed by atoms with Crippen molar-refractivity contribution < 1.29 is 23.4 Å². The van der Waals surface area contributed by atoms with Crippen LogP contribution in [0.25, 0.3) is 6.08 Å². The average Bonchev–Trinajstić information content (AvgIpc) is 3.11. The highest BCUT2D eigenvalue weighted by Gasteiger charge is 2.33. The molecule has 0 aromatic heterocycles. The van der Waals surface area contributed by atoms with E-state index in [9.17, 15) is 9.18 Å². The molecule has 3 aromatic carbocycles. The molecule has 0 amide bonds. The number of fused-ring (bicyclic) bond motifs is 2. The minimum Gasteiger partial charge on any atom is -0.497 e. The Morgan fingerprint density at radius 1 is 1.12 bits per heavy atom. The lowest BCUT2D eigenvalue weighted by molar-refractivity contribution is 0.0876. The highest BCUT2D eigenvalue weighted by atomic mass is 19.1. The van der Waals surface area contributed by atoms with Gasteiger partial charge < -0.3 is 14.2 Å². The molecule has 0 saturated carbocycles. The minimum absolute atomic E-state index is 0.116. The molecule has 2 aliphatic rings. The molecule has 6 heteroatoms. The van der Waals surface area contributed by atoms with Crippen LogP contribution in [0.1, 0.15) is 32.6 Å². The standard InChI is InChI=1S/C26H22FNO4/c1-16-25-19(14-28(15-31-25)13-17-7-9-20(30-2)10-8-17)11-21-24(29)23(32-26(16)21)12-18-5-3-4-6-22(18)27/h3-12H,13-15H2,1-2H3/b23-12-. The van der Waals surface area contributed by atoms with E-state index in [1.807, 2.05) is 37.3 Å². The van der Waals surface area contributed by atoms with Crippen LogP contribution in [0.2, 0.25) is 0 Å². The van der Waals surface area contributed by atoms with Crippen molar-refractivity contribution in [2.45, 2.75) is 20.0 Å². The Morgan fingerprint density at radius 3 is 2.66 bits per heavy atom. The van der Waals surface area contributed by atoms with Crippen LogP contribution in [0.5, 0.6) is 17.2 Å². The van der Waals surface area contributed by atoms with Crippen molar-refractivity contribution in [1.82, 2.24) is 4.90 Å². The van der Waals surface area contributed by atoms with Crippen molar-refractivity contribution in [1.29, 1.82) is 0 Å². The Labute approximate surface area is 185 Å². The van der Waals surface area contributed by atoms with E-state index in [4.69, 9.17) is 14.2 Å². The Bertz CT molecular complexity index is 1230. The van der Waals surface area contributed by atoms with Gasteiger partial charge in [-0.1, -0.05) is 30.3 Å². The van der Waals surface area contributed by atoms with Gasteiger partial charge in [0, 0.05) is 29.8 Å². The van der Waals surface area contributed by atoms with Crippen molar-refractivity contribution in [3.05, 3.63) is 94.0 Å². The number of allylic oxidation sites excluding steroid dienone is 1. The van der Waals surface area contributed by atoms with Gasteiger partial charge in [-0.05, 0) is 42.8 Å². The van der Waals surface area contributed by atoms with E-state index in [0.29, 0.717) is 36.7 Å². The molecular formula is C26H22FNO4. The first-order valence-corrected chi connectivity index (χ1v) is 10.4. The number of ketones is 1. The number of ether oxygens (including phenoxy) is 3. The lowest BCUT2D eigenvalue weighted by Crippen LogP contribution is -2.32. The number of methoxy groups -OCH3 is 1. The van der Waals surface area contributed by atoms with Crippen LogP contribution < -0.4 is 14.2 Å². The summed E-state index contributed by atoms with van der Waals surface area (Å²) in [5.74, 6) is 1.51. The summed E-state index contributed by atoms with van der Waals surface area (Å²) in [6, 6.07) is 16.1. The van der Waals surface area contributed by atoms with Gasteiger partial charge in [-0.25, -0.2) is 4.39 Å². The van der Waals surface area contributed by atoms with Crippen LogP contribution in [0, 0.1) is 12.7 Å². The van der Waals surface area contributed by atoms with Gasteiger partial charge in [-0.15, -0.1) is 0 Å². The molecule has 5 nitrogen and oxygen atoms in total. The van der Waals surface area contributed by atoms with Crippen LogP contribution in [-0.4, -0.2) is 24.5 Å². The number of carbonyl (C=O) groups is 1. The van der Waals surface area contributed by atoms with Crippen molar-refractivity contribution in [2.75, 3.05) is 13.8 Å². The maximum atomic E-state index is 14.0. The monoisotopic (exact) mass is 431 g/mol. The fraction of sp³-hybridized carbons (Fsp3) is 0.192. The molecule has 0 bridgehead atoms. The molecule has 32 heavy (non-hydrogen) atoms. The Balaban J connectivity index is 1.40. The molecule has 0 N–H and O–H groups in total. The molecule has 0 fully saturated rings. The highest BCUT2D eigenvalue weighted by Crippen LogP contribution is 2.43. The zero-order valence-corrected chi connectivity index (χ0v) is 17.9. The third kappa shape index (κ3) is 3.63. The molecule has 2 aliphatic heterocycles. The maximum absolute atomic E-state index is 14.0. The third-order valence-electron chi connectivity index (χ3n) is 5.76. The van der Waals surface area contributed by atoms with E-state index in [1.54, 1.807) is 25.3 Å². The first-order valence-electron chi connectivity index (χ1n) is 10.4. The van der Waals surface area contributed by atoms with E-state index < -0.39 is 5.82 Å². The van der Waals surface area contributed by atoms with Gasteiger partial charge in [0.15, 0.2) is 5.76 Å². The highest BCUT2D eigenvalue weighted by molar-refractivity contribution is 6.15. The summed E-state index contributed by atoms with van der Waals surface area (Å²) in [7, 11) is 1.65. The minimum atomic E-state index is -0.402. The number of hydrogen-bond acceptors (Lipinski definition) is 5. The molecule has 162 valence electrons. The van der Waals surface area contributed by atoms with E-state index >= 15 is 0 Å². The number of nitrogens with zero attached hydrogens (tertiary/aromatic N) is 1. The molecule has 2 heterocycles. The number of halogens is 1. The first-order chi connectivity index (χ1) is 15.5. The molecule has 0 saturated heterocycles. The molecule has 0 unspecified atom stereocenters. The zero-order chi connectivity index (χ0) is 22.2. The number of Topliss-reactive ketones (excluding diaryl/α,β-unsaturated/α-hetero) is 1. The lowest BCUT2D eigenvalue weighted by Gasteiger charge is -2.30. The number of carbonyl (C=O) groups excluding carboxylic acids is 1. The van der Waals surface area contributed by atoms with Crippen molar-refractivity contribution in [2.24, 2.45) is 0 Å². The molecule has 0 spiro atoms. The van der Waals surface area contributed by atoms with Gasteiger partial charge in [0.2, 0.25) is 5.78 Å². The second-order valence-electron chi connectivity index (χ2n) is 7.94. The first kappa shape index (κ1) is 20.3. The van der Waals surface area contributed by atoms with Gasteiger partial charge in [0.1, 0.15) is 29.8 Å². The summed E-state index contributed by atoms with van der Waals surface area (Å²) in [5.41, 5.74) is 3.66. The SMILES string of the molecule is COc1ccc(CN2COc3c(cc4c(c3C)O/C(=C\c3ccccc3F)C4=O)C2)cc1. The average molecular weight is 431 g/mol. The molecule has 0 atom stereocenters. The molecule has 0 aliphatic carbocycles. The van der Waals surface area contributed by atoms with Gasteiger partial charge in [-0.3, -0.25) is 9.69 Å². The Kier molecular flexibility index (Phi) is 5.15. The summed E-state index contributed by atoms with van der Waals surface area (Å²) in [6.45, 7) is 3.68. The fourth-order valence-corrected chi connectivity index (χ4v) is 4.12. The summed E-state index contributed by atoms with van der Waals surface area (Å²) in [4.78, 5) is 15.2. The topological polar surface area (TPSA) is 48.0 Å². The fourth-order valence-electron chi connectivity index (χ4n) is 4.12. The smallest absolute Gasteiger partial charge is 0.231 e. The second kappa shape index (κ2) is 8.13. The van der Waals surface area contributed by atoms with Gasteiger partial charge in [0.25, 0.3) is 0 Å². The summed E-state index contributed by atoms with van der Waals surface area (Å²) < 4.78 is 31.2. The van der Waals surface area contributed by atoms with Crippen LogP contribution in [-0.2, 0) is 13.1 Å². The van der Waals surface area contributed by atoms with Crippen LogP contribution in [0.3, 0.4) is 0 Å². The predicted octanol–water partition coefficient (Wildman–Crippen LogP) is 5.11. The van der Waals surface area contributed by atoms with E-state index in [0.717, 1.165) is 28.2 Å². The van der Waals surface area contributed by atoms with E-state index in [2.05, 4.69) is 4.90 Å². The summed E-state index contributed by atoms with van der Waals surface area (Å²) in [5, 5.41) is 0. The maximum Gasteiger partial charge on any atom is 0.231 e. The van der Waals surface area contributed by atoms with E-state index in [1.165, 1.54) is 12.1 Å². The van der Waals surface area contributed by atoms with Crippen LogP contribution in [0.4, 0.5) is 4.39 Å². The Morgan fingerprint density at radius 2 is 1.91 bits per heavy atom. The number of rotatable bonds is 4. The molecule has 5 rings (SSSR count). The quantitative estimate of drug-likeness (QED) is 0.537. The van der Waals surface area contributed by atoms with Crippen LogP contribution >= 0.6 is 0 Å². The summed E-state index contributed by atoms with van der Waals surface area (Å²) >= 11 is 0.